The van der Waals surface area contributed by atoms with Crippen molar-refractivity contribution in [2.75, 3.05) is 0 Å². The minimum absolute atomic E-state index is 0.128. The first-order valence-electron chi connectivity index (χ1n) is 4.51. The van der Waals surface area contributed by atoms with E-state index in [1.165, 1.54) is 23.9 Å². The second-order valence-electron chi connectivity index (χ2n) is 3.09. The quantitative estimate of drug-likeness (QED) is 0.657. The Morgan fingerprint density at radius 3 is 2.00 bits per heavy atom. The normalized spacial score (nSPS) is 9.71. The molecule has 5 heteroatoms. The lowest BCUT2D eigenvalue weighted by molar-refractivity contribution is -0.131. The predicted molar refractivity (Wildman–Crippen MR) is 70.0 cm³/mol. The lowest BCUT2D eigenvalue weighted by Gasteiger charge is -2.04. The highest BCUT2D eigenvalue weighted by Crippen LogP contribution is 2.32. The molecule has 0 heterocycles. The molecule has 0 unspecified atom stereocenters. The van der Waals surface area contributed by atoms with E-state index in [1.807, 2.05) is 0 Å². The Bertz CT molecular complexity index is 491. The van der Waals surface area contributed by atoms with Crippen LogP contribution in [0.25, 0.3) is 4.91 Å². The first-order chi connectivity index (χ1) is 7.91. The minimum Gasteiger partial charge on any atom is -0.475 e. The van der Waals surface area contributed by atoms with Crippen LogP contribution >= 0.6 is 23.4 Å². The SMILES string of the molecule is C=C(Cl)SC(=C)c1ccc(C(=O)C(=O)O)cc1. The molecule has 1 rings (SSSR count). The average molecular weight is 269 g/mol. The number of carbonyl (C=O) groups is 2. The Balaban J connectivity index is 2.88. The van der Waals surface area contributed by atoms with Crippen molar-refractivity contribution in [1.29, 1.82) is 0 Å². The van der Waals surface area contributed by atoms with Gasteiger partial charge in [-0.2, -0.15) is 0 Å². The molecule has 0 fully saturated rings. The van der Waals surface area contributed by atoms with Crippen molar-refractivity contribution in [3.63, 3.8) is 0 Å². The molecule has 0 atom stereocenters. The van der Waals surface area contributed by atoms with Crippen molar-refractivity contribution in [3.8, 4) is 0 Å². The highest BCUT2D eigenvalue weighted by atomic mass is 35.5. The Morgan fingerprint density at radius 1 is 1.12 bits per heavy atom. The molecule has 0 aliphatic rings. The first-order valence-corrected chi connectivity index (χ1v) is 5.70. The molecule has 0 saturated carbocycles. The molecular weight excluding hydrogens is 260 g/mol. The minimum atomic E-state index is -1.47. The zero-order valence-electron chi connectivity index (χ0n) is 8.77. The Morgan fingerprint density at radius 2 is 1.59 bits per heavy atom. The van der Waals surface area contributed by atoms with Gasteiger partial charge in [0.1, 0.15) is 0 Å². The number of hydrogen-bond donors (Lipinski definition) is 1. The molecule has 88 valence electrons. The van der Waals surface area contributed by atoms with Gasteiger partial charge in [-0.3, -0.25) is 4.79 Å². The summed E-state index contributed by atoms with van der Waals surface area (Å²) >= 11 is 6.83. The van der Waals surface area contributed by atoms with Crippen LogP contribution in [-0.4, -0.2) is 16.9 Å². The third kappa shape index (κ3) is 3.76. The molecule has 0 amide bonds. The predicted octanol–water partition coefficient (Wildman–Crippen LogP) is 3.37. The molecule has 0 spiro atoms. The summed E-state index contributed by atoms with van der Waals surface area (Å²) < 4.78 is 0.390. The van der Waals surface area contributed by atoms with E-state index in [2.05, 4.69) is 13.2 Å². The smallest absolute Gasteiger partial charge is 0.377 e. The number of ketones is 1. The van der Waals surface area contributed by atoms with Crippen LogP contribution in [0.5, 0.6) is 0 Å². The van der Waals surface area contributed by atoms with Crippen LogP contribution in [-0.2, 0) is 4.79 Å². The first kappa shape index (κ1) is 13.5. The fraction of sp³-hybridized carbons (Fsp3) is 0. The molecule has 0 aliphatic carbocycles. The highest BCUT2D eigenvalue weighted by molar-refractivity contribution is 8.13. The lowest BCUT2D eigenvalue weighted by Crippen LogP contribution is -2.12. The molecular formula is C12H9ClO3S. The fourth-order valence-electron chi connectivity index (χ4n) is 1.12. The molecule has 1 aromatic rings. The number of hydrogen-bond acceptors (Lipinski definition) is 3. The molecule has 3 nitrogen and oxygen atoms in total. The van der Waals surface area contributed by atoms with Crippen molar-refractivity contribution in [1.82, 2.24) is 0 Å². The summed E-state index contributed by atoms with van der Waals surface area (Å²) in [5, 5.41) is 8.53. The van der Waals surface area contributed by atoms with Gasteiger partial charge in [0.25, 0.3) is 5.78 Å². The zero-order valence-corrected chi connectivity index (χ0v) is 10.3. The number of Topliss-reactive ketones (excluding diaryl/α,β-unsaturated/α-hetero) is 1. The van der Waals surface area contributed by atoms with Gasteiger partial charge in [0.15, 0.2) is 0 Å². The van der Waals surface area contributed by atoms with Gasteiger partial charge in [0, 0.05) is 10.5 Å². The van der Waals surface area contributed by atoms with Crippen LogP contribution in [0.15, 0.2) is 41.8 Å². The van der Waals surface area contributed by atoms with Crippen LogP contribution in [0.1, 0.15) is 15.9 Å². The van der Waals surface area contributed by atoms with E-state index in [9.17, 15) is 9.59 Å². The second-order valence-corrected chi connectivity index (χ2v) is 4.96. The van der Waals surface area contributed by atoms with Gasteiger partial charge in [-0.25, -0.2) is 4.79 Å². The van der Waals surface area contributed by atoms with Crippen LogP contribution in [0, 0.1) is 0 Å². The number of carboxylic acid groups (broad SMARTS) is 1. The molecule has 0 bridgehead atoms. The van der Waals surface area contributed by atoms with Gasteiger partial charge < -0.3 is 5.11 Å². The number of thioether (sulfide) groups is 1. The van der Waals surface area contributed by atoms with E-state index in [-0.39, 0.29) is 5.56 Å². The number of carboxylic acids is 1. The lowest BCUT2D eigenvalue weighted by atomic mass is 10.1. The van der Waals surface area contributed by atoms with Crippen LogP contribution in [0.2, 0.25) is 0 Å². The van der Waals surface area contributed by atoms with Crippen molar-refractivity contribution in [2.24, 2.45) is 0 Å². The summed E-state index contributed by atoms with van der Waals surface area (Å²) in [4.78, 5) is 22.3. The van der Waals surface area contributed by atoms with Crippen LogP contribution < -0.4 is 0 Å². The summed E-state index contributed by atoms with van der Waals surface area (Å²) in [5.74, 6) is -2.41. The van der Waals surface area contributed by atoms with E-state index in [0.717, 1.165) is 5.56 Å². The molecule has 1 aromatic carbocycles. The van der Waals surface area contributed by atoms with Gasteiger partial charge in [0.2, 0.25) is 0 Å². The molecule has 0 aliphatic heterocycles. The van der Waals surface area contributed by atoms with Gasteiger partial charge in [-0.15, -0.1) is 0 Å². The summed E-state index contributed by atoms with van der Waals surface area (Å²) in [6, 6.07) is 6.11. The highest BCUT2D eigenvalue weighted by Gasteiger charge is 2.14. The second kappa shape index (κ2) is 5.70. The number of carbonyl (C=O) groups excluding carboxylic acids is 1. The van der Waals surface area contributed by atoms with Crippen molar-refractivity contribution < 1.29 is 14.7 Å². The molecule has 0 saturated heterocycles. The van der Waals surface area contributed by atoms with E-state index >= 15 is 0 Å². The maximum absolute atomic E-state index is 11.1. The standard InChI is InChI=1S/C12H9ClO3S/c1-7(17-8(2)13)9-3-5-10(6-4-9)11(14)12(15)16/h3-6H,1-2H2,(H,15,16). The summed E-state index contributed by atoms with van der Waals surface area (Å²) in [6.07, 6.45) is 0. The molecule has 0 aromatic heterocycles. The Kier molecular flexibility index (Phi) is 4.54. The van der Waals surface area contributed by atoms with E-state index in [1.54, 1.807) is 12.1 Å². The monoisotopic (exact) mass is 268 g/mol. The zero-order chi connectivity index (χ0) is 13.0. The molecule has 0 radical (unpaired) electrons. The topological polar surface area (TPSA) is 54.4 Å². The maximum Gasteiger partial charge on any atom is 0.377 e. The fourth-order valence-corrected chi connectivity index (χ4v) is 1.92. The molecule has 17 heavy (non-hydrogen) atoms. The Labute approximate surface area is 108 Å². The van der Waals surface area contributed by atoms with Crippen LogP contribution in [0.4, 0.5) is 0 Å². The van der Waals surface area contributed by atoms with Crippen molar-refractivity contribution >= 4 is 40.0 Å². The number of rotatable bonds is 5. The van der Waals surface area contributed by atoms with Gasteiger partial charge in [-0.1, -0.05) is 60.8 Å². The summed E-state index contributed by atoms with van der Waals surface area (Å²) in [5.41, 5.74) is 0.891. The maximum atomic E-state index is 11.1. The largest absolute Gasteiger partial charge is 0.475 e. The van der Waals surface area contributed by atoms with Crippen molar-refractivity contribution in [2.45, 2.75) is 0 Å². The number of halogens is 1. The molecule has 1 N–H and O–H groups in total. The van der Waals surface area contributed by atoms with E-state index in [4.69, 9.17) is 16.7 Å². The average Bonchev–Trinajstić information content (AvgIpc) is 2.27. The van der Waals surface area contributed by atoms with Crippen molar-refractivity contribution in [3.05, 3.63) is 52.9 Å². The van der Waals surface area contributed by atoms with Gasteiger partial charge >= 0.3 is 5.97 Å². The number of benzene rings is 1. The number of aliphatic carboxylic acids is 1. The summed E-state index contributed by atoms with van der Waals surface area (Å²) in [6.45, 7) is 7.32. The van der Waals surface area contributed by atoms with Crippen LogP contribution in [0.3, 0.4) is 0 Å². The third-order valence-corrected chi connectivity index (χ3v) is 2.83. The van der Waals surface area contributed by atoms with Gasteiger partial charge in [0.05, 0.1) is 4.36 Å². The van der Waals surface area contributed by atoms with E-state index < -0.39 is 11.8 Å². The van der Waals surface area contributed by atoms with E-state index in [0.29, 0.717) is 9.27 Å². The Hall–Kier alpha value is -1.52. The third-order valence-electron chi connectivity index (χ3n) is 1.90. The van der Waals surface area contributed by atoms with Gasteiger partial charge in [-0.05, 0) is 5.56 Å². The summed E-state index contributed by atoms with van der Waals surface area (Å²) in [7, 11) is 0.